The first kappa shape index (κ1) is 10.3. The van der Waals surface area contributed by atoms with Crippen LogP contribution < -0.4 is 5.32 Å². The molecule has 1 saturated carbocycles. The topological polar surface area (TPSA) is 51.0 Å². The number of nitrogens with zero attached hydrogens (tertiary/aromatic N) is 2. The Morgan fingerprint density at radius 2 is 2.19 bits per heavy atom. The lowest BCUT2D eigenvalue weighted by Gasteiger charge is -2.23. The first-order valence-corrected chi connectivity index (χ1v) is 6.45. The van der Waals surface area contributed by atoms with Crippen molar-refractivity contribution >= 4 is 0 Å². The van der Waals surface area contributed by atoms with Crippen molar-refractivity contribution in [1.82, 2.24) is 15.5 Å². The zero-order chi connectivity index (χ0) is 10.8. The maximum atomic E-state index is 5.34. The van der Waals surface area contributed by atoms with E-state index in [-0.39, 0.29) is 0 Å². The lowest BCUT2D eigenvalue weighted by atomic mass is 9.83. The fourth-order valence-corrected chi connectivity index (χ4v) is 2.53. The molecule has 1 aromatic rings. The smallest absolute Gasteiger partial charge is 0.226 e. The molecule has 2 aliphatic rings. The third-order valence-electron chi connectivity index (χ3n) is 3.83. The van der Waals surface area contributed by atoms with Crippen LogP contribution in [0.1, 0.15) is 49.7 Å². The molecule has 2 heterocycles. The van der Waals surface area contributed by atoms with Crippen molar-refractivity contribution in [3.63, 3.8) is 0 Å². The van der Waals surface area contributed by atoms with Gasteiger partial charge in [0.15, 0.2) is 5.82 Å². The molecule has 3 rings (SSSR count). The van der Waals surface area contributed by atoms with Gasteiger partial charge in [0.2, 0.25) is 5.89 Å². The van der Waals surface area contributed by atoms with E-state index in [0.29, 0.717) is 5.92 Å². The number of aromatic nitrogens is 2. The van der Waals surface area contributed by atoms with Gasteiger partial charge in [-0.25, -0.2) is 0 Å². The maximum Gasteiger partial charge on any atom is 0.226 e. The van der Waals surface area contributed by atoms with Crippen LogP contribution in [0, 0.1) is 5.92 Å². The number of hydrogen-bond donors (Lipinski definition) is 1. The third-order valence-corrected chi connectivity index (χ3v) is 3.83. The third kappa shape index (κ3) is 2.12. The molecule has 1 saturated heterocycles. The molecule has 4 heteroatoms. The quantitative estimate of drug-likeness (QED) is 0.846. The summed E-state index contributed by atoms with van der Waals surface area (Å²) in [6, 6.07) is 0. The summed E-state index contributed by atoms with van der Waals surface area (Å²) in [6.45, 7) is 2.13. The Kier molecular flexibility index (Phi) is 2.91. The van der Waals surface area contributed by atoms with Gasteiger partial charge in [-0.1, -0.05) is 11.6 Å². The average molecular weight is 221 g/mol. The van der Waals surface area contributed by atoms with Gasteiger partial charge in [-0.15, -0.1) is 0 Å². The van der Waals surface area contributed by atoms with Gasteiger partial charge < -0.3 is 9.84 Å². The van der Waals surface area contributed by atoms with Gasteiger partial charge in [-0.2, -0.15) is 4.98 Å². The molecule has 1 aromatic heterocycles. The van der Waals surface area contributed by atoms with E-state index in [9.17, 15) is 0 Å². The molecule has 0 aromatic carbocycles. The second-order valence-electron chi connectivity index (χ2n) is 5.09. The van der Waals surface area contributed by atoms with E-state index in [1.54, 1.807) is 0 Å². The summed E-state index contributed by atoms with van der Waals surface area (Å²) in [6.07, 6.45) is 7.45. The molecule has 1 atom stereocenters. The van der Waals surface area contributed by atoms with Gasteiger partial charge in [-0.05, 0) is 38.1 Å². The van der Waals surface area contributed by atoms with E-state index in [2.05, 4.69) is 15.5 Å². The number of nitrogens with one attached hydrogen (secondary N) is 1. The maximum absolute atomic E-state index is 5.34. The number of hydrogen-bond acceptors (Lipinski definition) is 4. The minimum atomic E-state index is 0.465. The first-order valence-electron chi connectivity index (χ1n) is 6.45. The highest BCUT2D eigenvalue weighted by atomic mass is 16.5. The second-order valence-corrected chi connectivity index (χ2v) is 5.09. The van der Waals surface area contributed by atoms with Crippen molar-refractivity contribution < 1.29 is 4.52 Å². The van der Waals surface area contributed by atoms with Crippen molar-refractivity contribution in [2.45, 2.75) is 44.4 Å². The monoisotopic (exact) mass is 221 g/mol. The van der Waals surface area contributed by atoms with Crippen LogP contribution in [0.5, 0.6) is 0 Å². The molecule has 1 aliphatic carbocycles. The van der Waals surface area contributed by atoms with Gasteiger partial charge in [0.1, 0.15) is 0 Å². The normalized spacial score (nSPS) is 26.6. The highest BCUT2D eigenvalue weighted by Gasteiger charge is 2.24. The van der Waals surface area contributed by atoms with Crippen LogP contribution in [0.25, 0.3) is 0 Å². The Morgan fingerprint density at radius 3 is 2.88 bits per heavy atom. The van der Waals surface area contributed by atoms with Crippen molar-refractivity contribution in [3.8, 4) is 0 Å². The highest BCUT2D eigenvalue weighted by molar-refractivity contribution is 4.99. The molecular formula is C12H19N3O. The summed E-state index contributed by atoms with van der Waals surface area (Å²) >= 11 is 0. The molecule has 1 aliphatic heterocycles. The van der Waals surface area contributed by atoms with Gasteiger partial charge in [-0.3, -0.25) is 0 Å². The second kappa shape index (κ2) is 4.53. The predicted octanol–water partition coefficient (Wildman–Crippen LogP) is 1.88. The molecule has 0 amide bonds. The minimum Gasteiger partial charge on any atom is -0.339 e. The van der Waals surface area contributed by atoms with Crippen molar-refractivity contribution in [1.29, 1.82) is 0 Å². The zero-order valence-corrected chi connectivity index (χ0v) is 9.61. The molecule has 4 nitrogen and oxygen atoms in total. The van der Waals surface area contributed by atoms with Crippen LogP contribution >= 0.6 is 0 Å². The fraction of sp³-hybridized carbons (Fsp3) is 0.833. The van der Waals surface area contributed by atoms with Gasteiger partial charge in [0.05, 0.1) is 0 Å². The summed E-state index contributed by atoms with van der Waals surface area (Å²) in [5.74, 6) is 3.04. The van der Waals surface area contributed by atoms with E-state index in [1.807, 2.05) is 0 Å². The van der Waals surface area contributed by atoms with Gasteiger partial charge in [0, 0.05) is 18.9 Å². The Balaban J connectivity index is 1.61. The summed E-state index contributed by atoms with van der Waals surface area (Å²) in [4.78, 5) is 4.54. The van der Waals surface area contributed by atoms with Crippen molar-refractivity contribution in [3.05, 3.63) is 11.7 Å². The molecule has 0 bridgehead atoms. The first-order chi connectivity index (χ1) is 7.92. The van der Waals surface area contributed by atoms with E-state index in [1.165, 1.54) is 32.1 Å². The SMILES string of the molecule is C1CC(Cc2nc(C3CCCNC3)no2)C1. The molecule has 0 radical (unpaired) electrons. The van der Waals surface area contributed by atoms with E-state index in [0.717, 1.165) is 37.1 Å². The predicted molar refractivity (Wildman–Crippen MR) is 60.2 cm³/mol. The summed E-state index contributed by atoms with van der Waals surface area (Å²) in [5.41, 5.74) is 0. The Bertz CT molecular complexity index is 340. The van der Waals surface area contributed by atoms with E-state index in [4.69, 9.17) is 4.52 Å². The summed E-state index contributed by atoms with van der Waals surface area (Å²) in [7, 11) is 0. The lowest BCUT2D eigenvalue weighted by Crippen LogP contribution is -2.28. The summed E-state index contributed by atoms with van der Waals surface area (Å²) < 4.78 is 5.34. The van der Waals surface area contributed by atoms with Crippen molar-refractivity contribution in [2.75, 3.05) is 13.1 Å². The molecule has 16 heavy (non-hydrogen) atoms. The van der Waals surface area contributed by atoms with Crippen LogP contribution in [-0.4, -0.2) is 23.2 Å². The Hall–Kier alpha value is -0.900. The largest absolute Gasteiger partial charge is 0.339 e. The van der Waals surface area contributed by atoms with Crippen molar-refractivity contribution in [2.24, 2.45) is 5.92 Å². The van der Waals surface area contributed by atoms with E-state index >= 15 is 0 Å². The van der Waals surface area contributed by atoms with Crippen LogP contribution in [-0.2, 0) is 6.42 Å². The van der Waals surface area contributed by atoms with Crippen LogP contribution in [0.2, 0.25) is 0 Å². The molecular weight excluding hydrogens is 202 g/mol. The van der Waals surface area contributed by atoms with Gasteiger partial charge >= 0.3 is 0 Å². The molecule has 1 N–H and O–H groups in total. The number of rotatable bonds is 3. The minimum absolute atomic E-state index is 0.465. The highest BCUT2D eigenvalue weighted by Crippen LogP contribution is 2.29. The number of piperidine rings is 1. The molecule has 88 valence electrons. The van der Waals surface area contributed by atoms with Crippen LogP contribution in [0.15, 0.2) is 4.52 Å². The standard InChI is InChI=1S/C12H19N3O/c1-3-9(4-1)7-11-14-12(15-16-11)10-5-2-6-13-8-10/h9-10,13H,1-8H2. The molecule has 2 fully saturated rings. The Morgan fingerprint density at radius 1 is 1.25 bits per heavy atom. The average Bonchev–Trinajstić information content (AvgIpc) is 2.73. The lowest BCUT2D eigenvalue weighted by molar-refractivity contribution is 0.272. The summed E-state index contributed by atoms with van der Waals surface area (Å²) in [5, 5.41) is 7.51. The van der Waals surface area contributed by atoms with Crippen LogP contribution in [0.4, 0.5) is 0 Å². The fourth-order valence-electron chi connectivity index (χ4n) is 2.53. The van der Waals surface area contributed by atoms with Gasteiger partial charge in [0.25, 0.3) is 0 Å². The zero-order valence-electron chi connectivity index (χ0n) is 9.61. The van der Waals surface area contributed by atoms with E-state index < -0.39 is 0 Å². The molecule has 0 spiro atoms. The molecule has 1 unspecified atom stereocenters. The Labute approximate surface area is 95.8 Å². The van der Waals surface area contributed by atoms with Crippen LogP contribution in [0.3, 0.4) is 0 Å².